The molecule has 0 fully saturated rings. The summed E-state index contributed by atoms with van der Waals surface area (Å²) in [5.41, 5.74) is 2.26. The predicted octanol–water partition coefficient (Wildman–Crippen LogP) is 9.82. The maximum absolute atomic E-state index is 13.7. The van der Waals surface area contributed by atoms with Crippen molar-refractivity contribution in [1.29, 1.82) is 0 Å². The van der Waals surface area contributed by atoms with Gasteiger partial charge in [0.25, 0.3) is 11.8 Å². The molecule has 0 bridgehead atoms. The van der Waals surface area contributed by atoms with Gasteiger partial charge in [0.05, 0.1) is 22.8 Å². The maximum atomic E-state index is 13.7. The van der Waals surface area contributed by atoms with E-state index in [9.17, 15) is 14.4 Å². The number of nitrogens with one attached hydrogen (secondary N) is 3. The highest BCUT2D eigenvalue weighted by atomic mass is 35.5. The van der Waals surface area contributed by atoms with Gasteiger partial charge in [-0.15, -0.1) is 5.11 Å². The number of rotatable bonds is 12. The van der Waals surface area contributed by atoms with Crippen LogP contribution in [0.15, 0.2) is 93.9 Å². The quantitative estimate of drug-likeness (QED) is 0.109. The van der Waals surface area contributed by atoms with Gasteiger partial charge in [0.15, 0.2) is 18.1 Å². The molecule has 0 aliphatic heterocycles. The van der Waals surface area contributed by atoms with Gasteiger partial charge in [-0.05, 0) is 90.6 Å². The Labute approximate surface area is 309 Å². The summed E-state index contributed by atoms with van der Waals surface area (Å²) in [5.74, 6) is 0.104. The van der Waals surface area contributed by atoms with Crippen molar-refractivity contribution in [2.45, 2.75) is 39.5 Å². The molecule has 3 N–H and O–H groups in total. The summed E-state index contributed by atoms with van der Waals surface area (Å²) in [6.45, 7) is 8.21. The van der Waals surface area contributed by atoms with Gasteiger partial charge in [-0.25, -0.2) is 4.68 Å². The first-order valence-corrected chi connectivity index (χ1v) is 16.9. The molecular weight excluding hydrogens is 715 g/mol. The molecule has 0 aliphatic rings. The number of hydrogen-bond acceptors (Lipinski definition) is 7. The van der Waals surface area contributed by atoms with E-state index in [0.717, 1.165) is 16.7 Å². The second kappa shape index (κ2) is 15.8. The fourth-order valence-electron chi connectivity index (χ4n) is 4.97. The zero-order chi connectivity index (χ0) is 36.9. The normalized spacial score (nSPS) is 11.5. The second-order valence-corrected chi connectivity index (χ2v) is 13.4. The van der Waals surface area contributed by atoms with Crippen LogP contribution in [-0.2, 0) is 10.2 Å². The van der Waals surface area contributed by atoms with E-state index in [2.05, 4.69) is 52.8 Å². The van der Waals surface area contributed by atoms with Gasteiger partial charge in [-0.3, -0.25) is 19.5 Å². The van der Waals surface area contributed by atoms with Crippen molar-refractivity contribution in [2.24, 2.45) is 10.2 Å². The Morgan fingerprint density at radius 3 is 2.27 bits per heavy atom. The molecule has 51 heavy (non-hydrogen) atoms. The first-order valence-electron chi connectivity index (χ1n) is 15.8. The third-order valence-electron chi connectivity index (χ3n) is 8.26. The van der Waals surface area contributed by atoms with Gasteiger partial charge < -0.3 is 20.1 Å². The average molecular weight is 750 g/mol. The minimum absolute atomic E-state index is 0.0261. The Kier molecular flexibility index (Phi) is 11.5. The van der Waals surface area contributed by atoms with Crippen molar-refractivity contribution >= 4 is 69.5 Å². The molecule has 1 heterocycles. The summed E-state index contributed by atoms with van der Waals surface area (Å²) < 4.78 is 12.0. The molecule has 0 radical (unpaired) electrons. The second-order valence-electron chi connectivity index (χ2n) is 12.2. The zero-order valence-corrected chi connectivity index (χ0v) is 30.7. The van der Waals surface area contributed by atoms with E-state index in [1.165, 1.54) is 30.9 Å². The number of nitrogens with zero attached hydrogens (tertiary/aromatic N) is 3. The minimum Gasteiger partial charge on any atom is -0.497 e. The first-order chi connectivity index (χ1) is 24.3. The van der Waals surface area contributed by atoms with Crippen LogP contribution < -0.4 is 25.7 Å². The summed E-state index contributed by atoms with van der Waals surface area (Å²) in [5, 5.41) is 17.0. The van der Waals surface area contributed by atoms with E-state index in [1.54, 1.807) is 42.5 Å². The molecule has 264 valence electrons. The van der Waals surface area contributed by atoms with Crippen LogP contribution in [0.3, 0.4) is 0 Å². The maximum Gasteiger partial charge on any atom is 0.301 e. The van der Waals surface area contributed by atoms with Crippen LogP contribution in [0.1, 0.15) is 48.7 Å². The molecule has 0 atom stereocenters. The summed E-state index contributed by atoms with van der Waals surface area (Å²) in [4.78, 5) is 40.0. The fraction of sp³-hybridized carbons (Fsp3) is 0.216. The van der Waals surface area contributed by atoms with Crippen molar-refractivity contribution in [3.63, 3.8) is 0 Å². The fourth-order valence-corrected chi connectivity index (χ4v) is 5.96. The molecule has 0 saturated carbocycles. The molecule has 11 nitrogen and oxygen atoms in total. The standard InChI is InChI=1S/C37H35Cl3N6O5/c1-6-37(3,4)23-10-15-30(21(2)16-23)51-20-31(47)41-26-9-7-8-22(17-26)35(48)42-34-32(44-43-25-11-13-27(50-5)14-12-25)36(49)46(45-34)33-28(39)18-24(38)19-29(33)40/h7-19,45H,6,20H2,1-5H3,(H,41,47)(H,42,48). The molecule has 4 aromatic carbocycles. The monoisotopic (exact) mass is 748 g/mol. The number of benzene rings is 4. The Hall–Kier alpha value is -5.10. The lowest BCUT2D eigenvalue weighted by Gasteiger charge is -2.24. The number of hydrogen-bond donors (Lipinski definition) is 3. The smallest absolute Gasteiger partial charge is 0.301 e. The van der Waals surface area contributed by atoms with Crippen LogP contribution in [0, 0.1) is 6.92 Å². The number of methoxy groups -OCH3 is 1. The SMILES string of the molecule is CCC(C)(C)c1ccc(OCC(=O)Nc2cccc(C(=O)Nc3[nH]n(-c4c(Cl)cc(Cl)cc4Cl)c(=O)c3N=Nc3ccc(OC)cc3)c2)c(C)c1. The van der Waals surface area contributed by atoms with E-state index in [-0.39, 0.29) is 49.8 Å². The van der Waals surface area contributed by atoms with Crippen LogP contribution >= 0.6 is 34.8 Å². The lowest BCUT2D eigenvalue weighted by Crippen LogP contribution is -2.21. The van der Waals surface area contributed by atoms with E-state index in [0.29, 0.717) is 22.9 Å². The Morgan fingerprint density at radius 2 is 1.63 bits per heavy atom. The van der Waals surface area contributed by atoms with Crippen LogP contribution in [0.2, 0.25) is 15.1 Å². The topological polar surface area (TPSA) is 139 Å². The molecule has 2 amide bonds. The number of carbonyl (C=O) groups excluding carboxylic acids is 2. The highest BCUT2D eigenvalue weighted by Crippen LogP contribution is 2.34. The Balaban J connectivity index is 1.35. The molecule has 0 saturated heterocycles. The Bertz CT molecular complexity index is 2150. The van der Waals surface area contributed by atoms with Crippen molar-refractivity contribution < 1.29 is 19.1 Å². The number of anilines is 2. The van der Waals surface area contributed by atoms with Gasteiger partial charge in [0, 0.05) is 16.3 Å². The molecule has 5 aromatic rings. The number of H-pyrrole nitrogens is 1. The van der Waals surface area contributed by atoms with Gasteiger partial charge in [0.1, 0.15) is 17.2 Å². The van der Waals surface area contributed by atoms with Crippen molar-refractivity contribution in [2.75, 3.05) is 24.4 Å². The van der Waals surface area contributed by atoms with Gasteiger partial charge in [-0.1, -0.05) is 73.8 Å². The van der Waals surface area contributed by atoms with Crippen LogP contribution in [0.25, 0.3) is 5.69 Å². The van der Waals surface area contributed by atoms with E-state index in [1.807, 2.05) is 19.1 Å². The first kappa shape index (κ1) is 37.2. The summed E-state index contributed by atoms with van der Waals surface area (Å²) in [6, 6.07) is 21.7. The van der Waals surface area contributed by atoms with Crippen molar-refractivity contribution in [3.05, 3.63) is 121 Å². The molecule has 5 rings (SSSR count). The number of aromatic nitrogens is 2. The van der Waals surface area contributed by atoms with Crippen molar-refractivity contribution in [3.8, 4) is 17.2 Å². The molecule has 1 aromatic heterocycles. The van der Waals surface area contributed by atoms with Gasteiger partial charge >= 0.3 is 5.56 Å². The summed E-state index contributed by atoms with van der Waals surface area (Å²) >= 11 is 18.9. The third kappa shape index (κ3) is 8.80. The van der Waals surface area contributed by atoms with E-state index < -0.39 is 17.4 Å². The van der Waals surface area contributed by atoms with Crippen molar-refractivity contribution in [1.82, 2.24) is 9.78 Å². The highest BCUT2D eigenvalue weighted by molar-refractivity contribution is 6.40. The molecule has 0 spiro atoms. The number of carbonyl (C=O) groups is 2. The number of amides is 2. The number of ether oxygens (including phenoxy) is 2. The third-order valence-corrected chi connectivity index (χ3v) is 9.05. The average Bonchev–Trinajstić information content (AvgIpc) is 3.39. The number of azo groups is 1. The molecule has 0 aliphatic carbocycles. The summed E-state index contributed by atoms with van der Waals surface area (Å²) in [6.07, 6.45) is 0.987. The van der Waals surface area contributed by atoms with Crippen LogP contribution in [0.4, 0.5) is 22.9 Å². The Morgan fingerprint density at radius 1 is 0.922 bits per heavy atom. The van der Waals surface area contributed by atoms with E-state index in [4.69, 9.17) is 44.3 Å². The van der Waals surface area contributed by atoms with Gasteiger partial charge in [0.2, 0.25) is 0 Å². The largest absolute Gasteiger partial charge is 0.497 e. The van der Waals surface area contributed by atoms with Crippen LogP contribution in [-0.4, -0.2) is 35.3 Å². The lowest BCUT2D eigenvalue weighted by molar-refractivity contribution is -0.118. The number of halogens is 3. The molecule has 14 heteroatoms. The molecule has 0 unspecified atom stereocenters. The van der Waals surface area contributed by atoms with Gasteiger partial charge in [-0.2, -0.15) is 5.11 Å². The predicted molar refractivity (Wildman–Crippen MR) is 202 cm³/mol. The van der Waals surface area contributed by atoms with Crippen LogP contribution in [0.5, 0.6) is 11.5 Å². The lowest BCUT2D eigenvalue weighted by atomic mass is 9.81. The zero-order valence-electron chi connectivity index (χ0n) is 28.4. The number of aryl methyl sites for hydroxylation is 1. The number of aromatic amines is 1. The minimum atomic E-state index is -0.700. The molecular formula is C37H35Cl3N6O5. The van der Waals surface area contributed by atoms with E-state index >= 15 is 0 Å². The summed E-state index contributed by atoms with van der Waals surface area (Å²) in [7, 11) is 1.54. The highest BCUT2D eigenvalue weighted by Gasteiger charge is 2.22.